The monoisotopic (exact) mass is 535 g/mol. The molecule has 1 heterocycles. The molecule has 2 aromatic rings. The number of anilines is 1. The minimum absolute atomic E-state index is 0. The van der Waals surface area contributed by atoms with Crippen LogP contribution in [0.15, 0.2) is 59.6 Å². The number of para-hydroxylation sites is 1. The molecule has 0 bridgehead atoms. The number of guanidine groups is 1. The van der Waals surface area contributed by atoms with Crippen molar-refractivity contribution < 1.29 is 4.79 Å². The number of nitrogens with zero attached hydrogens (tertiary/aromatic N) is 2. The Labute approximate surface area is 202 Å². The van der Waals surface area contributed by atoms with Gasteiger partial charge in [-0.2, -0.15) is 0 Å². The van der Waals surface area contributed by atoms with Crippen LogP contribution in [0.2, 0.25) is 0 Å². The van der Waals surface area contributed by atoms with E-state index < -0.39 is 0 Å². The van der Waals surface area contributed by atoms with Crippen LogP contribution in [0.25, 0.3) is 0 Å². The van der Waals surface area contributed by atoms with Gasteiger partial charge in [0.2, 0.25) is 5.91 Å². The summed E-state index contributed by atoms with van der Waals surface area (Å²) in [4.78, 5) is 19.1. The maximum Gasteiger partial charge on any atom is 0.225 e. The van der Waals surface area contributed by atoms with Crippen molar-refractivity contribution in [2.75, 3.05) is 39.0 Å². The molecule has 1 aliphatic heterocycles. The highest BCUT2D eigenvalue weighted by Gasteiger charge is 2.24. The quantitative estimate of drug-likeness (QED) is 0.275. The fraction of sp³-hybridized carbons (Fsp3) is 0.417. The van der Waals surface area contributed by atoms with Gasteiger partial charge >= 0.3 is 0 Å². The second-order valence-corrected chi connectivity index (χ2v) is 7.94. The molecule has 3 N–H and O–H groups in total. The first kappa shape index (κ1) is 25.1. The van der Waals surface area contributed by atoms with E-state index in [-0.39, 0.29) is 35.8 Å². The molecule has 2 unspecified atom stereocenters. The molecule has 6 nitrogen and oxygen atoms in total. The summed E-state index contributed by atoms with van der Waals surface area (Å²) in [5.74, 6) is 0.992. The van der Waals surface area contributed by atoms with Crippen molar-refractivity contribution in [1.82, 2.24) is 15.5 Å². The highest BCUT2D eigenvalue weighted by molar-refractivity contribution is 14.0. The SMILES string of the molecule is CCNC(=NCC(Cc1ccccc1)N(C)C)NCC1CC(=O)Nc2ccccc21.I. The molecular formula is C24H34IN5O. The summed E-state index contributed by atoms with van der Waals surface area (Å²) in [7, 11) is 4.20. The number of benzene rings is 2. The summed E-state index contributed by atoms with van der Waals surface area (Å²) in [5, 5.41) is 9.75. The first-order valence-corrected chi connectivity index (χ1v) is 10.7. The largest absolute Gasteiger partial charge is 0.357 e. The molecular weight excluding hydrogens is 501 g/mol. The minimum Gasteiger partial charge on any atom is -0.357 e. The van der Waals surface area contributed by atoms with Crippen molar-refractivity contribution in [1.29, 1.82) is 0 Å². The second kappa shape index (κ2) is 12.7. The first-order chi connectivity index (χ1) is 14.6. The van der Waals surface area contributed by atoms with Crippen molar-refractivity contribution in [3.05, 3.63) is 65.7 Å². The van der Waals surface area contributed by atoms with Crippen LogP contribution in [-0.2, 0) is 11.2 Å². The van der Waals surface area contributed by atoms with Gasteiger partial charge in [-0.3, -0.25) is 9.79 Å². The Bertz CT molecular complexity index is 856. The zero-order chi connectivity index (χ0) is 21.3. The smallest absolute Gasteiger partial charge is 0.225 e. The van der Waals surface area contributed by atoms with Crippen LogP contribution < -0.4 is 16.0 Å². The predicted molar refractivity (Wildman–Crippen MR) is 139 cm³/mol. The maximum absolute atomic E-state index is 12.1. The van der Waals surface area contributed by atoms with Gasteiger partial charge in [0.15, 0.2) is 5.96 Å². The van der Waals surface area contributed by atoms with Crippen molar-refractivity contribution >= 4 is 41.5 Å². The summed E-state index contributed by atoms with van der Waals surface area (Å²) in [6, 6.07) is 18.9. The Morgan fingerprint density at radius 3 is 2.55 bits per heavy atom. The third-order valence-corrected chi connectivity index (χ3v) is 5.47. The van der Waals surface area contributed by atoms with E-state index in [9.17, 15) is 4.79 Å². The Hall–Kier alpha value is -2.13. The first-order valence-electron chi connectivity index (χ1n) is 10.7. The number of fused-ring (bicyclic) bond motifs is 1. The van der Waals surface area contributed by atoms with E-state index >= 15 is 0 Å². The van der Waals surface area contributed by atoms with E-state index in [1.807, 2.05) is 24.3 Å². The molecule has 1 aliphatic rings. The number of halogens is 1. The average molecular weight is 535 g/mol. The molecule has 2 atom stereocenters. The number of hydrogen-bond acceptors (Lipinski definition) is 3. The number of aliphatic imine (C=N–C) groups is 1. The lowest BCUT2D eigenvalue weighted by atomic mass is 9.90. The van der Waals surface area contributed by atoms with Crippen molar-refractivity contribution in [3.63, 3.8) is 0 Å². The van der Waals surface area contributed by atoms with E-state index in [4.69, 9.17) is 4.99 Å². The summed E-state index contributed by atoms with van der Waals surface area (Å²) >= 11 is 0. The molecule has 31 heavy (non-hydrogen) atoms. The van der Waals surface area contributed by atoms with Crippen LogP contribution in [0.4, 0.5) is 5.69 Å². The number of nitrogens with one attached hydrogen (secondary N) is 3. The predicted octanol–water partition coefficient (Wildman–Crippen LogP) is 3.46. The molecule has 0 aliphatic carbocycles. The van der Waals surface area contributed by atoms with Gasteiger partial charge < -0.3 is 20.9 Å². The van der Waals surface area contributed by atoms with E-state index in [1.165, 1.54) is 11.1 Å². The number of carbonyl (C=O) groups excluding carboxylic acids is 1. The Morgan fingerprint density at radius 2 is 1.84 bits per heavy atom. The highest BCUT2D eigenvalue weighted by Crippen LogP contribution is 2.31. The summed E-state index contributed by atoms with van der Waals surface area (Å²) in [6.45, 7) is 4.22. The topological polar surface area (TPSA) is 68.8 Å². The van der Waals surface area contributed by atoms with Crippen molar-refractivity contribution in [3.8, 4) is 0 Å². The van der Waals surface area contributed by atoms with Crippen LogP contribution in [-0.4, -0.2) is 56.5 Å². The highest BCUT2D eigenvalue weighted by atomic mass is 127. The third kappa shape index (κ3) is 7.50. The van der Waals surface area contributed by atoms with Gasteiger partial charge in [0.05, 0.1) is 6.54 Å². The number of likely N-dealkylation sites (N-methyl/N-ethyl adjacent to an activating group) is 1. The van der Waals surface area contributed by atoms with Crippen LogP contribution in [0, 0.1) is 0 Å². The van der Waals surface area contributed by atoms with Crippen LogP contribution in [0.5, 0.6) is 0 Å². The maximum atomic E-state index is 12.1. The van der Waals surface area contributed by atoms with Gasteiger partial charge in [-0.25, -0.2) is 0 Å². The molecule has 0 aromatic heterocycles. The standard InChI is InChI=1S/C24H33N5O.HI/c1-4-25-24(27-17-20(29(2)3)14-18-10-6-5-7-11-18)26-16-19-15-23(30)28-22-13-9-8-12-21(19)22;/h5-13,19-20H,4,14-17H2,1-3H3,(H,28,30)(H2,25,26,27);1H. The lowest BCUT2D eigenvalue weighted by Gasteiger charge is -2.27. The van der Waals surface area contributed by atoms with Crippen molar-refractivity contribution in [2.24, 2.45) is 4.99 Å². The van der Waals surface area contributed by atoms with Crippen LogP contribution in [0.1, 0.15) is 30.4 Å². The van der Waals surface area contributed by atoms with Gasteiger partial charge in [0.25, 0.3) is 0 Å². The number of amides is 1. The molecule has 1 amide bonds. The fourth-order valence-corrected chi connectivity index (χ4v) is 3.74. The average Bonchev–Trinajstić information content (AvgIpc) is 2.74. The van der Waals surface area contributed by atoms with Crippen molar-refractivity contribution in [2.45, 2.75) is 31.7 Å². The van der Waals surface area contributed by atoms with Crippen LogP contribution >= 0.6 is 24.0 Å². The summed E-state index contributed by atoms with van der Waals surface area (Å²) in [5.41, 5.74) is 3.41. The molecule has 3 rings (SSSR count). The molecule has 0 fully saturated rings. The Morgan fingerprint density at radius 1 is 1.13 bits per heavy atom. The minimum atomic E-state index is 0. The molecule has 2 aromatic carbocycles. The van der Waals surface area contributed by atoms with E-state index in [0.717, 1.165) is 24.6 Å². The third-order valence-electron chi connectivity index (χ3n) is 5.47. The van der Waals surface area contributed by atoms with Gasteiger partial charge in [-0.1, -0.05) is 48.5 Å². The van der Waals surface area contributed by atoms with Gasteiger partial charge in [0.1, 0.15) is 0 Å². The molecule has 0 saturated carbocycles. The summed E-state index contributed by atoms with van der Waals surface area (Å²) in [6.07, 6.45) is 1.44. The number of rotatable bonds is 8. The summed E-state index contributed by atoms with van der Waals surface area (Å²) < 4.78 is 0. The molecule has 0 saturated heterocycles. The molecule has 168 valence electrons. The van der Waals surface area contributed by atoms with E-state index in [2.05, 4.69) is 72.2 Å². The lowest BCUT2D eigenvalue weighted by molar-refractivity contribution is -0.116. The zero-order valence-electron chi connectivity index (χ0n) is 18.6. The van der Waals surface area contributed by atoms with E-state index in [1.54, 1.807) is 0 Å². The zero-order valence-corrected chi connectivity index (χ0v) is 20.9. The van der Waals surface area contributed by atoms with Gasteiger partial charge in [-0.05, 0) is 44.6 Å². The van der Waals surface area contributed by atoms with Gasteiger partial charge in [0, 0.05) is 37.2 Å². The van der Waals surface area contributed by atoms with E-state index in [0.29, 0.717) is 25.6 Å². The number of carbonyl (C=O) groups is 1. The van der Waals surface area contributed by atoms with Crippen LogP contribution in [0.3, 0.4) is 0 Å². The number of hydrogen-bond donors (Lipinski definition) is 3. The molecule has 7 heteroatoms. The molecule has 0 radical (unpaired) electrons. The van der Waals surface area contributed by atoms with Gasteiger partial charge in [-0.15, -0.1) is 24.0 Å². The molecule has 0 spiro atoms. The second-order valence-electron chi connectivity index (χ2n) is 7.94. The Kier molecular flexibility index (Phi) is 10.3. The Balaban J connectivity index is 0.00000341. The lowest BCUT2D eigenvalue weighted by Crippen LogP contribution is -2.42. The normalized spacial score (nSPS) is 16.7. The fourth-order valence-electron chi connectivity index (χ4n) is 3.74.